The van der Waals surface area contributed by atoms with Crippen LogP contribution < -0.4 is 14.8 Å². The van der Waals surface area contributed by atoms with E-state index in [1.54, 1.807) is 43.3 Å². The molecule has 3 rings (SSSR count). The summed E-state index contributed by atoms with van der Waals surface area (Å²) in [4.78, 5) is 12.7. The van der Waals surface area contributed by atoms with Crippen LogP contribution in [-0.4, -0.2) is 12.5 Å². The van der Waals surface area contributed by atoms with Gasteiger partial charge in [0.2, 0.25) is 0 Å². The van der Waals surface area contributed by atoms with Gasteiger partial charge in [-0.15, -0.1) is 0 Å². The zero-order valence-electron chi connectivity index (χ0n) is 18.2. The van der Waals surface area contributed by atoms with Crippen molar-refractivity contribution in [3.8, 4) is 17.6 Å². The van der Waals surface area contributed by atoms with Crippen molar-refractivity contribution in [3.05, 3.63) is 92.4 Å². The first-order chi connectivity index (χ1) is 15.9. The van der Waals surface area contributed by atoms with E-state index < -0.39 is 5.91 Å². The first-order valence-electron chi connectivity index (χ1n) is 10.2. The molecule has 168 valence electrons. The summed E-state index contributed by atoms with van der Waals surface area (Å²) in [5.41, 5.74) is 2.91. The zero-order chi connectivity index (χ0) is 23.8. The van der Waals surface area contributed by atoms with Crippen molar-refractivity contribution >= 4 is 45.2 Å². The number of carbonyl (C=O) groups is 1. The van der Waals surface area contributed by atoms with Crippen molar-refractivity contribution in [2.24, 2.45) is 0 Å². The van der Waals surface area contributed by atoms with Crippen molar-refractivity contribution in [1.29, 1.82) is 5.26 Å². The van der Waals surface area contributed by atoms with E-state index >= 15 is 0 Å². The van der Waals surface area contributed by atoms with E-state index in [1.807, 2.05) is 37.3 Å². The third kappa shape index (κ3) is 6.61. The number of benzene rings is 3. The standard InChI is InChI=1S/C26H22BrClN2O3/c1-3-32-25-14-19(9-12-24(25)33-16-18-7-10-21(27)11-8-18)13-20(15-29)26(31)30-23-6-4-5-22(28)17(23)2/h4-14H,3,16H2,1-2H3,(H,30,31)/b20-13+. The molecule has 3 aromatic rings. The molecule has 0 fully saturated rings. The summed E-state index contributed by atoms with van der Waals surface area (Å²) in [7, 11) is 0. The van der Waals surface area contributed by atoms with Crippen molar-refractivity contribution in [1.82, 2.24) is 0 Å². The average Bonchev–Trinajstić information content (AvgIpc) is 2.81. The lowest BCUT2D eigenvalue weighted by molar-refractivity contribution is -0.112. The second kappa shape index (κ2) is 11.6. The molecule has 0 aliphatic heterocycles. The summed E-state index contributed by atoms with van der Waals surface area (Å²) in [5, 5.41) is 12.8. The molecule has 0 heterocycles. The highest BCUT2D eigenvalue weighted by molar-refractivity contribution is 9.10. The highest BCUT2D eigenvalue weighted by Crippen LogP contribution is 2.30. The number of nitrogens with one attached hydrogen (secondary N) is 1. The number of nitrogens with zero attached hydrogens (tertiary/aromatic N) is 1. The first-order valence-corrected chi connectivity index (χ1v) is 11.4. The minimum Gasteiger partial charge on any atom is -0.490 e. The SMILES string of the molecule is CCOc1cc(/C=C(\C#N)C(=O)Nc2cccc(Cl)c2C)ccc1OCc1ccc(Br)cc1. The Bertz CT molecular complexity index is 1220. The summed E-state index contributed by atoms with van der Waals surface area (Å²) in [6.45, 7) is 4.51. The summed E-state index contributed by atoms with van der Waals surface area (Å²) >= 11 is 9.53. The van der Waals surface area contributed by atoms with E-state index in [-0.39, 0.29) is 5.57 Å². The van der Waals surface area contributed by atoms with Gasteiger partial charge in [0.05, 0.1) is 6.61 Å². The van der Waals surface area contributed by atoms with Crippen LogP contribution in [0.4, 0.5) is 5.69 Å². The predicted molar refractivity (Wildman–Crippen MR) is 134 cm³/mol. The number of halogens is 2. The lowest BCUT2D eigenvalue weighted by atomic mass is 10.1. The highest BCUT2D eigenvalue weighted by Gasteiger charge is 2.13. The third-order valence-electron chi connectivity index (χ3n) is 4.77. The maximum atomic E-state index is 12.7. The number of hydrogen-bond acceptors (Lipinski definition) is 4. The summed E-state index contributed by atoms with van der Waals surface area (Å²) in [6.07, 6.45) is 1.51. The van der Waals surface area contributed by atoms with Crippen LogP contribution in [0.1, 0.15) is 23.6 Å². The molecular formula is C26H22BrClN2O3. The number of rotatable bonds is 8. The van der Waals surface area contributed by atoms with Gasteiger partial charge < -0.3 is 14.8 Å². The van der Waals surface area contributed by atoms with Crippen LogP contribution in [-0.2, 0) is 11.4 Å². The van der Waals surface area contributed by atoms with E-state index in [2.05, 4.69) is 21.2 Å². The fraction of sp³-hybridized carbons (Fsp3) is 0.154. The van der Waals surface area contributed by atoms with E-state index in [9.17, 15) is 10.1 Å². The second-order valence-electron chi connectivity index (χ2n) is 7.09. The van der Waals surface area contributed by atoms with Crippen LogP contribution in [0.5, 0.6) is 11.5 Å². The molecule has 1 amide bonds. The number of anilines is 1. The molecule has 0 aliphatic rings. The third-order valence-corrected chi connectivity index (χ3v) is 5.71. The first kappa shape index (κ1) is 24.4. The minimum atomic E-state index is -0.517. The van der Waals surface area contributed by atoms with Crippen molar-refractivity contribution in [3.63, 3.8) is 0 Å². The maximum Gasteiger partial charge on any atom is 0.266 e. The van der Waals surface area contributed by atoms with Crippen LogP contribution in [0.15, 0.2) is 70.7 Å². The van der Waals surface area contributed by atoms with E-state index in [1.165, 1.54) is 6.08 Å². The molecule has 0 atom stereocenters. The number of ether oxygens (including phenoxy) is 2. The van der Waals surface area contributed by atoms with Crippen LogP contribution in [0.3, 0.4) is 0 Å². The summed E-state index contributed by atoms with van der Waals surface area (Å²) in [6, 6.07) is 20.3. The lowest BCUT2D eigenvalue weighted by Crippen LogP contribution is -2.14. The number of carbonyl (C=O) groups excluding carboxylic acids is 1. The van der Waals surface area contributed by atoms with Gasteiger partial charge in [-0.2, -0.15) is 5.26 Å². The van der Waals surface area contributed by atoms with Gasteiger partial charge in [-0.05, 0) is 73.0 Å². The molecule has 0 saturated heterocycles. The van der Waals surface area contributed by atoms with Gasteiger partial charge in [0, 0.05) is 15.2 Å². The normalized spacial score (nSPS) is 10.9. The summed E-state index contributed by atoms with van der Waals surface area (Å²) in [5.74, 6) is 0.595. The number of hydrogen-bond donors (Lipinski definition) is 1. The van der Waals surface area contributed by atoms with Gasteiger partial charge >= 0.3 is 0 Å². The fourth-order valence-electron chi connectivity index (χ4n) is 2.99. The Kier molecular flexibility index (Phi) is 8.53. The van der Waals surface area contributed by atoms with Crippen LogP contribution in [0, 0.1) is 18.3 Å². The molecule has 0 aromatic heterocycles. The van der Waals surface area contributed by atoms with Gasteiger partial charge in [0.1, 0.15) is 18.2 Å². The maximum absolute atomic E-state index is 12.7. The van der Waals surface area contributed by atoms with E-state index in [0.29, 0.717) is 41.0 Å². The smallest absolute Gasteiger partial charge is 0.266 e. The predicted octanol–water partition coefficient (Wildman–Crippen LogP) is 6.93. The molecule has 3 aromatic carbocycles. The molecule has 5 nitrogen and oxygen atoms in total. The van der Waals surface area contributed by atoms with Gasteiger partial charge in [-0.1, -0.05) is 51.8 Å². The van der Waals surface area contributed by atoms with Gasteiger partial charge in [0.15, 0.2) is 11.5 Å². The van der Waals surface area contributed by atoms with E-state index in [4.69, 9.17) is 21.1 Å². The molecule has 0 aliphatic carbocycles. The quantitative estimate of drug-likeness (QED) is 0.256. The molecular weight excluding hydrogens is 504 g/mol. The van der Waals surface area contributed by atoms with Gasteiger partial charge in [0.25, 0.3) is 5.91 Å². The Labute approximate surface area is 206 Å². The number of amides is 1. The zero-order valence-corrected chi connectivity index (χ0v) is 20.5. The Morgan fingerprint density at radius 3 is 2.58 bits per heavy atom. The molecule has 33 heavy (non-hydrogen) atoms. The Morgan fingerprint density at radius 2 is 1.88 bits per heavy atom. The molecule has 7 heteroatoms. The Morgan fingerprint density at radius 1 is 1.12 bits per heavy atom. The van der Waals surface area contributed by atoms with E-state index in [0.717, 1.165) is 15.6 Å². The molecule has 1 N–H and O–H groups in total. The van der Waals surface area contributed by atoms with Gasteiger partial charge in [-0.3, -0.25) is 4.79 Å². The largest absolute Gasteiger partial charge is 0.490 e. The van der Waals surface area contributed by atoms with Gasteiger partial charge in [-0.25, -0.2) is 0 Å². The van der Waals surface area contributed by atoms with Crippen LogP contribution in [0.25, 0.3) is 6.08 Å². The monoisotopic (exact) mass is 524 g/mol. The van der Waals surface area contributed by atoms with Crippen molar-refractivity contribution in [2.45, 2.75) is 20.5 Å². The molecule has 0 radical (unpaired) electrons. The molecule has 0 saturated carbocycles. The highest BCUT2D eigenvalue weighted by atomic mass is 79.9. The Balaban J connectivity index is 1.79. The average molecular weight is 526 g/mol. The Hall–Kier alpha value is -3.27. The molecule has 0 spiro atoms. The van der Waals surface area contributed by atoms with Crippen molar-refractivity contribution in [2.75, 3.05) is 11.9 Å². The fourth-order valence-corrected chi connectivity index (χ4v) is 3.43. The second-order valence-corrected chi connectivity index (χ2v) is 8.41. The van der Waals surface area contributed by atoms with Crippen molar-refractivity contribution < 1.29 is 14.3 Å². The van der Waals surface area contributed by atoms with Crippen LogP contribution >= 0.6 is 27.5 Å². The lowest BCUT2D eigenvalue weighted by Gasteiger charge is -2.13. The van der Waals surface area contributed by atoms with Crippen LogP contribution in [0.2, 0.25) is 5.02 Å². The molecule has 0 bridgehead atoms. The number of nitriles is 1. The minimum absolute atomic E-state index is 0.0413. The molecule has 0 unspecified atom stereocenters. The topological polar surface area (TPSA) is 71.3 Å². The summed E-state index contributed by atoms with van der Waals surface area (Å²) < 4.78 is 12.7.